The second-order valence-corrected chi connectivity index (χ2v) is 5.78. The second-order valence-electron chi connectivity index (χ2n) is 4.90. The van der Waals surface area contributed by atoms with Crippen LogP contribution in [-0.4, -0.2) is 56.0 Å². The highest BCUT2D eigenvalue weighted by Crippen LogP contribution is 2.22. The van der Waals surface area contributed by atoms with Gasteiger partial charge < -0.3 is 15.3 Å². The molecular formula is C13H13N5O3S. The Morgan fingerprint density at radius 1 is 1.41 bits per heavy atom. The van der Waals surface area contributed by atoms with Crippen molar-refractivity contribution >= 4 is 29.0 Å². The van der Waals surface area contributed by atoms with Gasteiger partial charge in [0.1, 0.15) is 5.82 Å². The van der Waals surface area contributed by atoms with Gasteiger partial charge in [0.05, 0.1) is 16.4 Å². The molecular weight excluding hydrogens is 306 g/mol. The number of hydrogen-bond acceptors (Lipinski definition) is 7. The summed E-state index contributed by atoms with van der Waals surface area (Å²) in [5.74, 6) is -0.329. The molecule has 1 aliphatic rings. The number of carboxylic acid groups (broad SMARTS) is 1. The molecule has 2 aromatic rings. The van der Waals surface area contributed by atoms with Gasteiger partial charge in [0.2, 0.25) is 5.91 Å². The lowest BCUT2D eigenvalue weighted by molar-refractivity contribution is -0.132. The Morgan fingerprint density at radius 2 is 2.18 bits per heavy atom. The molecule has 3 rings (SSSR count). The van der Waals surface area contributed by atoms with Crippen molar-refractivity contribution in [1.29, 1.82) is 0 Å². The van der Waals surface area contributed by atoms with E-state index in [-0.39, 0.29) is 17.6 Å². The van der Waals surface area contributed by atoms with E-state index >= 15 is 0 Å². The Morgan fingerprint density at radius 3 is 2.77 bits per heavy atom. The molecule has 22 heavy (non-hydrogen) atoms. The predicted octanol–water partition coefficient (Wildman–Crippen LogP) is 0.941. The number of aromatic nitrogens is 3. The van der Waals surface area contributed by atoms with Gasteiger partial charge in [-0.1, -0.05) is 0 Å². The van der Waals surface area contributed by atoms with Gasteiger partial charge in [-0.2, -0.15) is 0 Å². The molecule has 114 valence electrons. The number of carbonyl (C=O) groups is 2. The molecule has 0 bridgehead atoms. The highest BCUT2D eigenvalue weighted by Gasteiger charge is 2.29. The molecule has 0 aromatic carbocycles. The summed E-state index contributed by atoms with van der Waals surface area (Å²) in [5.41, 5.74) is 1.55. The smallest absolute Gasteiger partial charge is 0.354 e. The maximum absolute atomic E-state index is 11.2. The number of nitrogens with zero attached hydrogens (tertiary/aromatic N) is 4. The molecule has 2 N–H and O–H groups in total. The van der Waals surface area contributed by atoms with Crippen LogP contribution in [0, 0.1) is 0 Å². The summed E-state index contributed by atoms with van der Waals surface area (Å²) < 4.78 is 0. The van der Waals surface area contributed by atoms with Crippen molar-refractivity contribution in [2.75, 3.05) is 18.4 Å². The van der Waals surface area contributed by atoms with E-state index in [4.69, 9.17) is 5.11 Å². The third-order valence-electron chi connectivity index (χ3n) is 3.28. The Hall–Kier alpha value is -2.55. The van der Waals surface area contributed by atoms with Crippen LogP contribution < -0.4 is 5.32 Å². The number of aromatic carboxylic acids is 1. The molecule has 0 spiro atoms. The van der Waals surface area contributed by atoms with E-state index in [2.05, 4.69) is 20.3 Å². The first-order chi connectivity index (χ1) is 10.5. The number of carbonyl (C=O) groups excluding carboxylic acids is 1. The third-order valence-corrected chi connectivity index (χ3v) is 4.05. The first-order valence-corrected chi connectivity index (χ1v) is 7.44. The molecule has 1 aliphatic heterocycles. The third kappa shape index (κ3) is 2.89. The summed E-state index contributed by atoms with van der Waals surface area (Å²) in [4.78, 5) is 37.1. The maximum atomic E-state index is 11.2. The van der Waals surface area contributed by atoms with Gasteiger partial charge in [0.15, 0.2) is 11.5 Å². The first kappa shape index (κ1) is 14.4. The molecule has 1 saturated heterocycles. The lowest BCUT2D eigenvalue weighted by Gasteiger charge is -2.39. The molecule has 0 unspecified atom stereocenters. The van der Waals surface area contributed by atoms with Gasteiger partial charge >= 0.3 is 5.97 Å². The molecule has 1 amide bonds. The molecule has 0 atom stereocenters. The quantitative estimate of drug-likeness (QED) is 0.863. The predicted molar refractivity (Wildman–Crippen MR) is 79.8 cm³/mol. The topological polar surface area (TPSA) is 108 Å². The maximum Gasteiger partial charge on any atom is 0.354 e. The fourth-order valence-electron chi connectivity index (χ4n) is 2.10. The Kier molecular flexibility index (Phi) is 3.72. The Balaban J connectivity index is 1.82. The van der Waals surface area contributed by atoms with E-state index in [1.54, 1.807) is 16.6 Å². The number of nitrogens with one attached hydrogen (secondary N) is 1. The van der Waals surface area contributed by atoms with E-state index < -0.39 is 5.97 Å². The van der Waals surface area contributed by atoms with Crippen LogP contribution in [0.5, 0.6) is 0 Å². The van der Waals surface area contributed by atoms with Crippen molar-refractivity contribution in [2.24, 2.45) is 0 Å². The molecule has 0 aliphatic carbocycles. The highest BCUT2D eigenvalue weighted by molar-refractivity contribution is 7.13. The van der Waals surface area contributed by atoms with Gasteiger partial charge in [-0.05, 0) is 0 Å². The van der Waals surface area contributed by atoms with Crippen molar-refractivity contribution < 1.29 is 14.7 Å². The van der Waals surface area contributed by atoms with Crippen molar-refractivity contribution in [3.05, 3.63) is 23.5 Å². The average molecular weight is 319 g/mol. The molecule has 2 aromatic heterocycles. The number of amides is 1. The molecule has 3 heterocycles. The Labute approximate surface area is 129 Å². The van der Waals surface area contributed by atoms with Crippen LogP contribution >= 0.6 is 11.3 Å². The van der Waals surface area contributed by atoms with E-state index in [1.165, 1.54) is 24.3 Å². The first-order valence-electron chi connectivity index (χ1n) is 6.56. The number of thiazole rings is 1. The van der Waals surface area contributed by atoms with Crippen LogP contribution in [0.15, 0.2) is 17.8 Å². The number of hydrogen-bond donors (Lipinski definition) is 2. The molecule has 8 nitrogen and oxygen atoms in total. The molecule has 1 fully saturated rings. The summed E-state index contributed by atoms with van der Waals surface area (Å²) >= 11 is 1.34. The van der Waals surface area contributed by atoms with Crippen molar-refractivity contribution in [3.8, 4) is 10.7 Å². The minimum atomic E-state index is -1.12. The number of likely N-dealkylation sites (tertiary alicyclic amines) is 1. The second kappa shape index (κ2) is 5.68. The summed E-state index contributed by atoms with van der Waals surface area (Å²) in [6.07, 6.45) is 1.59. The van der Waals surface area contributed by atoms with Crippen LogP contribution in [0.25, 0.3) is 10.7 Å². The SMILES string of the molecule is CC(=O)N1CC(Nc2cc(C(=O)O)nc(-c3cncs3)n2)C1. The summed E-state index contributed by atoms with van der Waals surface area (Å²) in [6.45, 7) is 2.68. The van der Waals surface area contributed by atoms with E-state index in [0.29, 0.717) is 29.6 Å². The van der Waals surface area contributed by atoms with Crippen molar-refractivity contribution in [3.63, 3.8) is 0 Å². The average Bonchev–Trinajstić information content (AvgIpc) is 2.95. The molecule has 0 radical (unpaired) electrons. The largest absolute Gasteiger partial charge is 0.477 e. The van der Waals surface area contributed by atoms with Gasteiger partial charge in [-0.15, -0.1) is 11.3 Å². The number of carboxylic acids is 1. The highest BCUT2D eigenvalue weighted by atomic mass is 32.1. The van der Waals surface area contributed by atoms with Crippen molar-refractivity contribution in [2.45, 2.75) is 13.0 Å². The van der Waals surface area contributed by atoms with Crippen LogP contribution in [0.1, 0.15) is 17.4 Å². The normalized spacial score (nSPS) is 14.5. The minimum Gasteiger partial charge on any atom is -0.477 e. The van der Waals surface area contributed by atoms with E-state index in [0.717, 1.165) is 0 Å². The zero-order valence-electron chi connectivity index (χ0n) is 11.7. The van der Waals surface area contributed by atoms with Gasteiger partial charge in [0, 0.05) is 32.3 Å². The lowest BCUT2D eigenvalue weighted by atomic mass is 10.1. The van der Waals surface area contributed by atoms with Gasteiger partial charge in [-0.25, -0.2) is 14.8 Å². The molecule has 0 saturated carbocycles. The summed E-state index contributed by atoms with van der Waals surface area (Å²) in [5, 5.41) is 12.3. The zero-order chi connectivity index (χ0) is 15.7. The fraction of sp³-hybridized carbons (Fsp3) is 0.308. The monoisotopic (exact) mass is 319 g/mol. The molecule has 9 heteroatoms. The van der Waals surface area contributed by atoms with Gasteiger partial charge in [-0.3, -0.25) is 9.78 Å². The number of anilines is 1. The van der Waals surface area contributed by atoms with Crippen molar-refractivity contribution in [1.82, 2.24) is 19.9 Å². The fourth-order valence-corrected chi connectivity index (χ4v) is 2.66. The summed E-state index contributed by atoms with van der Waals surface area (Å²) in [7, 11) is 0. The standard InChI is InChI=1S/C13H13N5O3S/c1-7(19)18-4-8(5-18)15-11-2-9(13(20)21)16-12(17-11)10-3-14-6-22-10/h2-3,6,8H,4-5H2,1H3,(H,20,21)(H,15,16,17). The zero-order valence-corrected chi connectivity index (χ0v) is 12.5. The minimum absolute atomic E-state index is 0.0253. The Bertz CT molecular complexity index is 712. The van der Waals surface area contributed by atoms with Crippen LogP contribution in [0.4, 0.5) is 5.82 Å². The van der Waals surface area contributed by atoms with Crippen LogP contribution in [-0.2, 0) is 4.79 Å². The lowest BCUT2D eigenvalue weighted by Crippen LogP contribution is -2.56. The number of rotatable bonds is 4. The van der Waals surface area contributed by atoms with Gasteiger partial charge in [0.25, 0.3) is 0 Å². The summed E-state index contributed by atoms with van der Waals surface area (Å²) in [6, 6.07) is 1.46. The van der Waals surface area contributed by atoms with E-state index in [1.807, 2.05) is 0 Å². The van der Waals surface area contributed by atoms with E-state index in [9.17, 15) is 9.59 Å². The van der Waals surface area contributed by atoms with Crippen LogP contribution in [0.3, 0.4) is 0 Å². The van der Waals surface area contributed by atoms with Crippen LogP contribution in [0.2, 0.25) is 0 Å².